The zero-order valence-electron chi connectivity index (χ0n) is 10.0. The minimum absolute atomic E-state index is 0.598. The van der Waals surface area contributed by atoms with Crippen LogP contribution >= 0.6 is 23.2 Å². The van der Waals surface area contributed by atoms with Crippen molar-refractivity contribution in [3.05, 3.63) is 33.8 Å². The molecule has 1 fully saturated rings. The van der Waals surface area contributed by atoms with E-state index < -0.39 is 0 Å². The van der Waals surface area contributed by atoms with E-state index in [0.717, 1.165) is 22.2 Å². The molecule has 1 aliphatic heterocycles. The van der Waals surface area contributed by atoms with Crippen LogP contribution in [0.25, 0.3) is 0 Å². The highest BCUT2D eigenvalue weighted by atomic mass is 35.5. The number of hydrogen-bond donors (Lipinski definition) is 1. The third-order valence-corrected chi connectivity index (χ3v) is 3.91. The van der Waals surface area contributed by atoms with Gasteiger partial charge >= 0.3 is 0 Å². The van der Waals surface area contributed by atoms with E-state index in [4.69, 9.17) is 23.2 Å². The first kappa shape index (κ1) is 13.2. The van der Waals surface area contributed by atoms with Crippen molar-refractivity contribution in [2.24, 2.45) is 0 Å². The van der Waals surface area contributed by atoms with E-state index in [-0.39, 0.29) is 0 Å². The molecule has 0 bridgehead atoms. The molecule has 94 valence electrons. The Kier molecular flexibility index (Phi) is 4.69. The molecular formula is C13H18Cl2N2. The van der Waals surface area contributed by atoms with E-state index in [1.165, 1.54) is 25.9 Å². The van der Waals surface area contributed by atoms with Gasteiger partial charge in [0.15, 0.2) is 0 Å². The Balaban J connectivity index is 1.87. The summed E-state index contributed by atoms with van der Waals surface area (Å²) in [5.74, 6) is 0. The molecule has 0 unspecified atom stereocenters. The average Bonchev–Trinajstić information content (AvgIpc) is 2.32. The van der Waals surface area contributed by atoms with Crippen LogP contribution in [-0.4, -0.2) is 31.1 Å². The summed E-state index contributed by atoms with van der Waals surface area (Å²) in [5, 5.41) is 5.09. The number of hydrogen-bond acceptors (Lipinski definition) is 2. The standard InChI is InChI=1S/C13H18Cl2N2/c1-17-6-4-12(5-7-17)16-9-10-8-11(14)2-3-13(10)15/h2-3,8,12,16H,4-7,9H2,1H3. The SMILES string of the molecule is CN1CCC(NCc2cc(Cl)ccc2Cl)CC1. The van der Waals surface area contributed by atoms with E-state index >= 15 is 0 Å². The highest BCUT2D eigenvalue weighted by molar-refractivity contribution is 6.33. The maximum Gasteiger partial charge on any atom is 0.0451 e. The van der Waals surface area contributed by atoms with Gasteiger partial charge in [0.25, 0.3) is 0 Å². The van der Waals surface area contributed by atoms with Crippen LogP contribution in [0.4, 0.5) is 0 Å². The molecule has 4 heteroatoms. The zero-order chi connectivity index (χ0) is 12.3. The molecule has 0 spiro atoms. The van der Waals surface area contributed by atoms with Crippen molar-refractivity contribution in [1.82, 2.24) is 10.2 Å². The summed E-state index contributed by atoms with van der Waals surface area (Å²) >= 11 is 12.1. The van der Waals surface area contributed by atoms with Gasteiger partial charge in [-0.25, -0.2) is 0 Å². The van der Waals surface area contributed by atoms with Gasteiger partial charge < -0.3 is 10.2 Å². The first-order chi connectivity index (χ1) is 8.15. The molecule has 0 amide bonds. The fraction of sp³-hybridized carbons (Fsp3) is 0.538. The Morgan fingerprint density at radius 2 is 2.00 bits per heavy atom. The predicted octanol–water partition coefficient (Wildman–Crippen LogP) is 3.18. The lowest BCUT2D eigenvalue weighted by atomic mass is 10.1. The summed E-state index contributed by atoms with van der Waals surface area (Å²) in [4.78, 5) is 2.37. The molecule has 0 saturated carbocycles. The molecule has 2 nitrogen and oxygen atoms in total. The van der Waals surface area contributed by atoms with Crippen molar-refractivity contribution in [3.63, 3.8) is 0 Å². The van der Waals surface area contributed by atoms with Crippen molar-refractivity contribution in [1.29, 1.82) is 0 Å². The smallest absolute Gasteiger partial charge is 0.0451 e. The summed E-state index contributed by atoms with van der Waals surface area (Å²) in [7, 11) is 2.17. The first-order valence-electron chi connectivity index (χ1n) is 6.01. The van der Waals surface area contributed by atoms with Crippen LogP contribution in [0, 0.1) is 0 Å². The predicted molar refractivity (Wildman–Crippen MR) is 73.8 cm³/mol. The molecule has 0 aromatic heterocycles. The second-order valence-corrected chi connectivity index (χ2v) is 5.54. The van der Waals surface area contributed by atoms with Gasteiger partial charge in [0.05, 0.1) is 0 Å². The van der Waals surface area contributed by atoms with Crippen molar-refractivity contribution >= 4 is 23.2 Å². The lowest BCUT2D eigenvalue weighted by molar-refractivity contribution is 0.234. The molecule has 1 aliphatic rings. The zero-order valence-corrected chi connectivity index (χ0v) is 11.6. The van der Waals surface area contributed by atoms with E-state index in [9.17, 15) is 0 Å². The number of piperidine rings is 1. The first-order valence-corrected chi connectivity index (χ1v) is 6.76. The summed E-state index contributed by atoms with van der Waals surface area (Å²) in [5.41, 5.74) is 1.08. The van der Waals surface area contributed by atoms with Crippen LogP contribution in [0.2, 0.25) is 10.0 Å². The van der Waals surface area contributed by atoms with Crippen LogP contribution in [0.5, 0.6) is 0 Å². The van der Waals surface area contributed by atoms with Crippen molar-refractivity contribution in [2.75, 3.05) is 20.1 Å². The molecule has 0 atom stereocenters. The van der Waals surface area contributed by atoms with Gasteiger partial charge in [0, 0.05) is 22.6 Å². The molecular weight excluding hydrogens is 255 g/mol. The minimum atomic E-state index is 0.598. The Morgan fingerprint density at radius 3 is 2.71 bits per heavy atom. The van der Waals surface area contributed by atoms with E-state index in [1.54, 1.807) is 0 Å². The number of benzene rings is 1. The van der Waals surface area contributed by atoms with Gasteiger partial charge in [-0.15, -0.1) is 0 Å². The Bertz CT molecular complexity index is 374. The summed E-state index contributed by atoms with van der Waals surface area (Å²) in [6.07, 6.45) is 2.41. The molecule has 1 saturated heterocycles. The van der Waals surface area contributed by atoms with Gasteiger partial charge in [-0.1, -0.05) is 23.2 Å². The summed E-state index contributed by atoms with van der Waals surface area (Å²) in [6.45, 7) is 3.13. The van der Waals surface area contributed by atoms with Crippen LogP contribution in [0.15, 0.2) is 18.2 Å². The summed E-state index contributed by atoms with van der Waals surface area (Å²) in [6, 6.07) is 6.21. The lowest BCUT2D eigenvalue weighted by Gasteiger charge is -2.29. The summed E-state index contributed by atoms with van der Waals surface area (Å²) < 4.78 is 0. The second-order valence-electron chi connectivity index (χ2n) is 4.69. The van der Waals surface area contributed by atoms with E-state index in [0.29, 0.717) is 6.04 Å². The van der Waals surface area contributed by atoms with E-state index in [1.807, 2.05) is 18.2 Å². The Labute approximate surface area is 113 Å². The van der Waals surface area contributed by atoms with Gasteiger partial charge in [0.1, 0.15) is 0 Å². The molecule has 1 N–H and O–H groups in total. The Morgan fingerprint density at radius 1 is 1.29 bits per heavy atom. The number of halogens is 2. The molecule has 1 aromatic carbocycles. The fourth-order valence-electron chi connectivity index (χ4n) is 2.15. The molecule has 0 aliphatic carbocycles. The monoisotopic (exact) mass is 272 g/mol. The number of rotatable bonds is 3. The molecule has 17 heavy (non-hydrogen) atoms. The maximum absolute atomic E-state index is 6.13. The molecule has 2 rings (SSSR count). The quantitative estimate of drug-likeness (QED) is 0.910. The van der Waals surface area contributed by atoms with Crippen LogP contribution in [0.3, 0.4) is 0 Å². The largest absolute Gasteiger partial charge is 0.310 e. The van der Waals surface area contributed by atoms with E-state index in [2.05, 4.69) is 17.3 Å². The normalized spacial score (nSPS) is 18.5. The highest BCUT2D eigenvalue weighted by Crippen LogP contribution is 2.21. The third-order valence-electron chi connectivity index (χ3n) is 3.31. The van der Waals surface area contributed by atoms with Crippen LogP contribution in [0.1, 0.15) is 18.4 Å². The van der Waals surface area contributed by atoms with Gasteiger partial charge in [-0.3, -0.25) is 0 Å². The lowest BCUT2D eigenvalue weighted by Crippen LogP contribution is -2.40. The van der Waals surface area contributed by atoms with Gasteiger partial charge in [-0.05, 0) is 56.7 Å². The number of nitrogens with zero attached hydrogens (tertiary/aromatic N) is 1. The topological polar surface area (TPSA) is 15.3 Å². The van der Waals surface area contributed by atoms with Crippen LogP contribution in [-0.2, 0) is 6.54 Å². The van der Waals surface area contributed by atoms with Crippen molar-refractivity contribution in [3.8, 4) is 0 Å². The minimum Gasteiger partial charge on any atom is -0.310 e. The molecule has 1 heterocycles. The van der Waals surface area contributed by atoms with Crippen molar-refractivity contribution < 1.29 is 0 Å². The van der Waals surface area contributed by atoms with Gasteiger partial charge in [0.2, 0.25) is 0 Å². The average molecular weight is 273 g/mol. The number of nitrogens with one attached hydrogen (secondary N) is 1. The highest BCUT2D eigenvalue weighted by Gasteiger charge is 2.16. The fourth-order valence-corrected chi connectivity index (χ4v) is 2.52. The van der Waals surface area contributed by atoms with Gasteiger partial charge in [-0.2, -0.15) is 0 Å². The second kappa shape index (κ2) is 6.05. The maximum atomic E-state index is 6.13. The third kappa shape index (κ3) is 3.85. The molecule has 1 aromatic rings. The Hall–Kier alpha value is -0.280. The number of likely N-dealkylation sites (tertiary alicyclic amines) is 1. The molecule has 0 radical (unpaired) electrons. The van der Waals surface area contributed by atoms with Crippen LogP contribution < -0.4 is 5.32 Å². The van der Waals surface area contributed by atoms with Crippen molar-refractivity contribution in [2.45, 2.75) is 25.4 Å².